The van der Waals surface area contributed by atoms with E-state index in [-0.39, 0.29) is 11.0 Å². The average molecular weight is 508 g/mol. The summed E-state index contributed by atoms with van der Waals surface area (Å²) in [7, 11) is 0. The number of thiophene rings is 1. The van der Waals surface area contributed by atoms with Crippen LogP contribution in [0.1, 0.15) is 15.4 Å². The third-order valence-electron chi connectivity index (χ3n) is 4.51. The van der Waals surface area contributed by atoms with Gasteiger partial charge in [0.25, 0.3) is 5.91 Å². The lowest BCUT2D eigenvalue weighted by molar-refractivity contribution is -0.115. The van der Waals surface area contributed by atoms with Crippen molar-refractivity contribution in [1.82, 2.24) is 5.32 Å². The average Bonchev–Trinajstić information content (AvgIpc) is 3.51. The van der Waals surface area contributed by atoms with Gasteiger partial charge < -0.3 is 15.1 Å². The zero-order valence-corrected chi connectivity index (χ0v) is 20.0. The highest BCUT2D eigenvalue weighted by molar-refractivity contribution is 7.80. The van der Waals surface area contributed by atoms with Gasteiger partial charge in [-0.05, 0) is 84.3 Å². The van der Waals surface area contributed by atoms with Gasteiger partial charge in [0.05, 0.1) is 4.88 Å². The number of nitrogens with one attached hydrogen (secondary N) is 3. The second kappa shape index (κ2) is 10.9. The molecule has 0 bridgehead atoms. The van der Waals surface area contributed by atoms with Crippen LogP contribution in [0.25, 0.3) is 17.4 Å². The van der Waals surface area contributed by atoms with Gasteiger partial charge in [-0.1, -0.05) is 23.7 Å². The van der Waals surface area contributed by atoms with E-state index in [9.17, 15) is 9.59 Å². The van der Waals surface area contributed by atoms with Crippen molar-refractivity contribution in [3.8, 4) is 11.3 Å². The summed E-state index contributed by atoms with van der Waals surface area (Å²) in [5.74, 6) is 0.586. The molecule has 0 spiro atoms. The van der Waals surface area contributed by atoms with Crippen molar-refractivity contribution in [1.29, 1.82) is 0 Å². The Balaban J connectivity index is 1.30. The van der Waals surface area contributed by atoms with Crippen molar-refractivity contribution in [2.75, 3.05) is 10.6 Å². The fraction of sp³-hybridized carbons (Fsp3) is 0. The van der Waals surface area contributed by atoms with Crippen molar-refractivity contribution in [2.24, 2.45) is 0 Å². The number of benzene rings is 2. The molecule has 4 rings (SSSR count). The van der Waals surface area contributed by atoms with E-state index in [1.54, 1.807) is 54.6 Å². The van der Waals surface area contributed by atoms with Crippen molar-refractivity contribution in [3.63, 3.8) is 0 Å². The Hall–Kier alpha value is -3.72. The summed E-state index contributed by atoms with van der Waals surface area (Å²) in [5, 5.41) is 10.9. The van der Waals surface area contributed by atoms with Gasteiger partial charge in [0.2, 0.25) is 5.91 Å². The molecule has 0 unspecified atom stereocenters. The molecule has 2 amide bonds. The SMILES string of the molecule is O=C(C=Cc1ccc(-c2ccc(Cl)cc2)o1)NC(=S)Nc1cccc(NC(=O)c2cccs2)c1. The van der Waals surface area contributed by atoms with Gasteiger partial charge in [-0.15, -0.1) is 11.3 Å². The van der Waals surface area contributed by atoms with E-state index >= 15 is 0 Å². The van der Waals surface area contributed by atoms with Crippen LogP contribution >= 0.6 is 35.2 Å². The highest BCUT2D eigenvalue weighted by Gasteiger charge is 2.08. The van der Waals surface area contributed by atoms with Crippen LogP contribution in [0.4, 0.5) is 11.4 Å². The zero-order valence-electron chi connectivity index (χ0n) is 17.6. The van der Waals surface area contributed by atoms with Crippen molar-refractivity contribution >= 4 is 69.5 Å². The lowest BCUT2D eigenvalue weighted by atomic mass is 10.2. The molecular formula is C25H18ClN3O3S2. The number of carbonyl (C=O) groups excluding carboxylic acids is 2. The number of anilines is 2. The highest BCUT2D eigenvalue weighted by atomic mass is 35.5. The monoisotopic (exact) mass is 507 g/mol. The van der Waals surface area contributed by atoms with Gasteiger partial charge in [-0.3, -0.25) is 14.9 Å². The summed E-state index contributed by atoms with van der Waals surface area (Å²) in [6, 6.07) is 21.5. The number of furan rings is 1. The van der Waals surface area contributed by atoms with E-state index in [4.69, 9.17) is 28.2 Å². The normalized spacial score (nSPS) is 10.7. The van der Waals surface area contributed by atoms with Crippen molar-refractivity contribution in [3.05, 3.63) is 99.9 Å². The largest absolute Gasteiger partial charge is 0.457 e. The Morgan fingerprint density at radius 1 is 0.941 bits per heavy atom. The van der Waals surface area contributed by atoms with E-state index in [2.05, 4.69) is 16.0 Å². The van der Waals surface area contributed by atoms with Crippen molar-refractivity contribution in [2.45, 2.75) is 0 Å². The first-order valence-electron chi connectivity index (χ1n) is 10.1. The first kappa shape index (κ1) is 23.4. The standard InChI is InChI=1S/C25H18ClN3O3S2/c26-17-8-6-16(7-9-17)21-12-10-20(32-21)11-13-23(30)29-25(33)28-19-4-1-3-18(15-19)27-24(31)22-5-2-14-34-22/h1-15H,(H,27,31)(H2,28,29,30,33). The van der Waals surface area contributed by atoms with Crippen LogP contribution < -0.4 is 16.0 Å². The first-order valence-corrected chi connectivity index (χ1v) is 11.7. The van der Waals surface area contributed by atoms with Crippen LogP contribution in [0, 0.1) is 0 Å². The molecule has 0 radical (unpaired) electrons. The van der Waals surface area contributed by atoms with Gasteiger partial charge >= 0.3 is 0 Å². The van der Waals surface area contributed by atoms with Gasteiger partial charge in [0.1, 0.15) is 11.5 Å². The van der Waals surface area contributed by atoms with E-state index in [1.165, 1.54) is 17.4 Å². The van der Waals surface area contributed by atoms with Crippen LogP contribution in [0.3, 0.4) is 0 Å². The molecule has 0 aliphatic carbocycles. The molecule has 0 fully saturated rings. The lowest BCUT2D eigenvalue weighted by Crippen LogP contribution is -2.32. The van der Waals surface area contributed by atoms with Crippen molar-refractivity contribution < 1.29 is 14.0 Å². The van der Waals surface area contributed by atoms with E-state index in [0.29, 0.717) is 32.8 Å². The van der Waals surface area contributed by atoms with E-state index < -0.39 is 5.91 Å². The minimum absolute atomic E-state index is 0.123. The van der Waals surface area contributed by atoms with Crippen LogP contribution in [0.2, 0.25) is 5.02 Å². The minimum Gasteiger partial charge on any atom is -0.457 e. The Morgan fingerprint density at radius 3 is 2.44 bits per heavy atom. The van der Waals surface area contributed by atoms with Gasteiger partial charge in [0.15, 0.2) is 5.11 Å². The Kier molecular flexibility index (Phi) is 7.54. The molecule has 2 aromatic carbocycles. The summed E-state index contributed by atoms with van der Waals surface area (Å²) in [5.41, 5.74) is 2.11. The highest BCUT2D eigenvalue weighted by Crippen LogP contribution is 2.24. The molecule has 0 aliphatic heterocycles. The maximum Gasteiger partial charge on any atom is 0.265 e. The number of thiocarbonyl (C=S) groups is 1. The summed E-state index contributed by atoms with van der Waals surface area (Å²) in [6.45, 7) is 0. The molecule has 6 nitrogen and oxygen atoms in total. The molecule has 34 heavy (non-hydrogen) atoms. The predicted molar refractivity (Wildman–Crippen MR) is 141 cm³/mol. The fourth-order valence-corrected chi connectivity index (χ4v) is 3.92. The Bertz CT molecular complexity index is 1350. The summed E-state index contributed by atoms with van der Waals surface area (Å²) < 4.78 is 5.74. The van der Waals surface area contributed by atoms with Gasteiger partial charge in [-0.2, -0.15) is 0 Å². The Labute approximate surface area is 210 Å². The van der Waals surface area contributed by atoms with E-state index in [0.717, 1.165) is 5.56 Å². The molecular weight excluding hydrogens is 490 g/mol. The summed E-state index contributed by atoms with van der Waals surface area (Å²) in [4.78, 5) is 25.1. The number of hydrogen-bond acceptors (Lipinski definition) is 5. The molecule has 4 aromatic rings. The molecule has 0 saturated carbocycles. The molecule has 0 saturated heterocycles. The van der Waals surface area contributed by atoms with Crippen LogP contribution in [-0.4, -0.2) is 16.9 Å². The molecule has 0 aliphatic rings. The summed E-state index contributed by atoms with van der Waals surface area (Å²) in [6.07, 6.45) is 2.88. The second-order valence-electron chi connectivity index (χ2n) is 7.00. The van der Waals surface area contributed by atoms with E-state index in [1.807, 2.05) is 29.6 Å². The second-order valence-corrected chi connectivity index (χ2v) is 8.79. The number of carbonyl (C=O) groups is 2. The topological polar surface area (TPSA) is 83.4 Å². The number of hydrogen-bond donors (Lipinski definition) is 3. The smallest absolute Gasteiger partial charge is 0.265 e. The van der Waals surface area contributed by atoms with Crippen LogP contribution in [-0.2, 0) is 4.79 Å². The minimum atomic E-state index is -0.413. The van der Waals surface area contributed by atoms with Crippen LogP contribution in [0.5, 0.6) is 0 Å². The number of halogens is 1. The third kappa shape index (κ3) is 6.41. The van der Waals surface area contributed by atoms with Crippen LogP contribution in [0.15, 0.2) is 88.7 Å². The molecule has 9 heteroatoms. The maximum absolute atomic E-state index is 12.2. The van der Waals surface area contributed by atoms with Gasteiger partial charge in [-0.25, -0.2) is 0 Å². The number of amides is 2. The zero-order chi connectivity index (χ0) is 23.9. The maximum atomic E-state index is 12.2. The van der Waals surface area contributed by atoms with Gasteiger partial charge in [0, 0.05) is 28.0 Å². The third-order valence-corrected chi connectivity index (χ3v) is 5.84. The number of rotatable bonds is 6. The molecule has 0 atom stereocenters. The fourth-order valence-electron chi connectivity index (χ4n) is 2.96. The lowest BCUT2D eigenvalue weighted by Gasteiger charge is -2.10. The molecule has 2 aromatic heterocycles. The Morgan fingerprint density at radius 2 is 1.71 bits per heavy atom. The molecule has 2 heterocycles. The quantitative estimate of drug-likeness (QED) is 0.206. The summed E-state index contributed by atoms with van der Waals surface area (Å²) >= 11 is 12.5. The predicted octanol–water partition coefficient (Wildman–Crippen LogP) is 6.44. The molecule has 3 N–H and O–H groups in total. The first-order chi connectivity index (χ1) is 16.5. The molecule has 170 valence electrons.